The van der Waals surface area contributed by atoms with Crippen molar-refractivity contribution in [1.29, 1.82) is 0 Å². The molecule has 0 aliphatic carbocycles. The van der Waals surface area contributed by atoms with Gasteiger partial charge in [0.2, 0.25) is 0 Å². The molecule has 5 N–H and O–H groups in total. The molecule has 2 radical (unpaired) electrons. The van der Waals surface area contributed by atoms with Gasteiger partial charge in [0.05, 0.1) is 115 Å². The first-order valence-electron chi connectivity index (χ1n) is 35.3. The van der Waals surface area contributed by atoms with Crippen molar-refractivity contribution >= 4 is 192 Å². The minimum Gasteiger partial charge on any atom is -0.398 e. The molecule has 1 unspecified atom stereocenters. The number of ether oxygens (including phenoxy) is 1. The normalized spacial score (nSPS) is 12.8. The molecule has 29 nitrogen and oxygen atoms in total. The standard InChI is InChI=1S/C24H22ClN3O4S.C14H8ClN3O4.C14H10ClN3O2.C10H13ClO2S.C8H2ClNO5.C6H8N2.C4H9I.C2H5.2CH4.2V/c1-14-11-16(13-26-12-14)28-22(29)20-18(25)9-10-19(21(20)23(28)30)27-33(31,32)17-7-5-15(6-8-17)24(2,3)4;1-7-4-8(6-16-5-7)17-13(19)11-9(15)2-3-10(18(21)22)12(11)14(17)20;1-7-4-8(6-17-5-7)18-13(19)11-9(15)2-3-10(16)12(11)14(18)20;1-10(2,3)8-4-6-9(7-5-8)14(11,12)13;9-3-1-2-4(10(13)14)6-5(3)7(11)15-8(6)12;1-5-2-6(7)4-8-3-5;1-3-4(2)5;1-2;;;;/h5-13,27H,1-4H3;2-6H,1H3;2-6H,16H2,1H3;4-7H,1-3H3;1-2H;2-4H,7H2,1H3;4H,3H2,1-2H3;1H2,2H3;2*1H4;;/q;;;;;;;-1;;;;. The molecular formula is C84H85Cl5IN12O17S2V2-. The second-order valence-electron chi connectivity index (χ2n) is 28.1. The monoisotopic (exact) mass is 2000 g/mol. The van der Waals surface area contributed by atoms with E-state index in [1.807, 2.05) is 40.7 Å². The Morgan fingerprint density at radius 1 is 0.472 bits per heavy atom. The quantitative estimate of drug-likeness (QED) is 0.0109. The number of aromatic nitrogens is 4. The Morgan fingerprint density at radius 3 is 1.12 bits per heavy atom. The number of nitro benzene ring substituents is 2. The molecule has 123 heavy (non-hydrogen) atoms. The molecule has 0 spiro atoms. The van der Waals surface area contributed by atoms with E-state index in [-0.39, 0.29) is 160 Å². The van der Waals surface area contributed by atoms with Crippen molar-refractivity contribution in [3.05, 3.63) is 296 Å². The fourth-order valence-corrected chi connectivity index (χ4v) is 14.0. The number of halogens is 6. The number of anilines is 6. The van der Waals surface area contributed by atoms with Crippen LogP contribution in [0.5, 0.6) is 0 Å². The Morgan fingerprint density at radius 2 is 0.780 bits per heavy atom. The number of hydrogen-bond donors (Lipinski definition) is 3. The third-order valence-electron chi connectivity index (χ3n) is 17.2. The van der Waals surface area contributed by atoms with E-state index in [1.165, 1.54) is 85.7 Å². The van der Waals surface area contributed by atoms with Crippen LogP contribution < -0.4 is 30.9 Å². The van der Waals surface area contributed by atoms with E-state index in [2.05, 4.69) is 93.5 Å². The van der Waals surface area contributed by atoms with Crippen LogP contribution in [0, 0.1) is 54.8 Å². The molecule has 4 aliphatic heterocycles. The van der Waals surface area contributed by atoms with Gasteiger partial charge in [-0.2, -0.15) is 6.92 Å². The van der Waals surface area contributed by atoms with E-state index in [1.54, 1.807) is 94.2 Å². The van der Waals surface area contributed by atoms with Gasteiger partial charge in [-0.3, -0.25) is 73.7 Å². The zero-order chi connectivity index (χ0) is 89.0. The number of pyridine rings is 4. The number of benzene rings is 6. The third kappa shape index (κ3) is 25.8. The van der Waals surface area contributed by atoms with E-state index >= 15 is 0 Å². The number of rotatable bonds is 10. The second kappa shape index (κ2) is 45.0. The maximum atomic E-state index is 13.3. The summed E-state index contributed by atoms with van der Waals surface area (Å²) in [5.41, 5.74) is 16.7. The first-order valence-corrected chi connectivity index (χ1v) is 41.9. The fourth-order valence-electron chi connectivity index (χ4n) is 11.2. The van der Waals surface area contributed by atoms with Crippen LogP contribution in [-0.4, -0.2) is 97.9 Å². The summed E-state index contributed by atoms with van der Waals surface area (Å²) < 4.78 is 55.6. The predicted octanol–water partition coefficient (Wildman–Crippen LogP) is 19.9. The summed E-state index contributed by atoms with van der Waals surface area (Å²) in [5.74, 6) is -5.73. The Bertz CT molecular complexity index is 5890. The molecule has 14 rings (SSSR count). The number of nitrogens with zero attached hydrogens (tertiary/aromatic N) is 9. The Labute approximate surface area is 774 Å². The number of cyclic esters (lactones) is 2. The Hall–Kier alpha value is -10.1. The van der Waals surface area contributed by atoms with Crippen molar-refractivity contribution in [2.45, 2.75) is 136 Å². The number of nitrogens with two attached hydrogens (primary N) is 2. The SMILES string of the molecule is C.C.CC(C)(C)c1ccc(S(=O)(=O)Cl)cc1.CCC(C)I.Cc1cncc(N)c1.Cc1cncc(N2C(=O)c3c(Cl)ccc(NS(=O)(=O)c4ccc(C(C)(C)C)cc4)c3C2=O)c1.Cc1cncc(N2C(=O)c3c(Cl)ccc([N+](=O)[O-])c3C2=O)c1.Cc1cncc(N2C(=O)c3c(N)ccc(Cl)c3C2=O)c1.O=C1OC(=O)c2c([N+](=O)[O-])ccc(Cl)c21.[CH2-]C.[V].[V]. The van der Waals surface area contributed by atoms with Crippen molar-refractivity contribution in [1.82, 2.24) is 19.9 Å². The van der Waals surface area contributed by atoms with Gasteiger partial charge in [0.1, 0.15) is 11.1 Å². The van der Waals surface area contributed by atoms with Crippen LogP contribution in [0.1, 0.15) is 200 Å². The molecule has 0 fully saturated rings. The number of carbonyl (C=O) groups is 8. The smallest absolute Gasteiger partial charge is 0.354 e. The third-order valence-corrected chi connectivity index (χ3v) is 22.1. The zero-order valence-electron chi connectivity index (χ0n) is 66.8. The van der Waals surface area contributed by atoms with Gasteiger partial charge in [0.25, 0.3) is 65.9 Å². The van der Waals surface area contributed by atoms with Gasteiger partial charge < -0.3 is 23.1 Å². The average molecular weight is 2000 g/mol. The van der Waals surface area contributed by atoms with E-state index < -0.39 is 87.7 Å². The molecule has 1 atom stereocenters. The molecule has 4 aromatic heterocycles. The van der Waals surface area contributed by atoms with Gasteiger partial charge in [-0.1, -0.05) is 164 Å². The van der Waals surface area contributed by atoms with Crippen LogP contribution in [0.25, 0.3) is 0 Å². The van der Waals surface area contributed by atoms with Crippen molar-refractivity contribution in [2.24, 2.45) is 0 Å². The summed E-state index contributed by atoms with van der Waals surface area (Å²) >= 11 is 26.2. The second-order valence-corrected chi connectivity index (χ2v) is 36.1. The van der Waals surface area contributed by atoms with E-state index in [0.717, 1.165) is 69.8 Å². The number of sulfonamides is 1. The van der Waals surface area contributed by atoms with Gasteiger partial charge in [0, 0.05) is 101 Å². The molecule has 0 bridgehead atoms. The van der Waals surface area contributed by atoms with Gasteiger partial charge in [0.15, 0.2) is 5.56 Å². The van der Waals surface area contributed by atoms with Crippen LogP contribution in [0.15, 0.2) is 181 Å². The number of nitro groups is 2. The summed E-state index contributed by atoms with van der Waals surface area (Å²) in [6.07, 6.45) is 13.7. The largest absolute Gasteiger partial charge is 0.398 e. The first-order chi connectivity index (χ1) is 55.6. The molecule has 8 heterocycles. The Balaban J connectivity index is 0.000000387. The molecule has 39 heteroatoms. The number of nitrogen functional groups attached to an aromatic ring is 2. The minimum atomic E-state index is -4.03. The van der Waals surface area contributed by atoms with Gasteiger partial charge in [-0.05, 0) is 163 Å². The number of aryl methyl sites for hydroxylation is 4. The van der Waals surface area contributed by atoms with E-state index in [4.69, 9.17) is 68.6 Å². The molecule has 0 saturated carbocycles. The van der Waals surface area contributed by atoms with Gasteiger partial charge in [-0.25, -0.2) is 41.1 Å². The zero-order valence-corrected chi connectivity index (χ0v) is 77.1. The molecule has 648 valence electrons. The molecule has 10 aromatic rings. The number of esters is 2. The van der Waals surface area contributed by atoms with Crippen molar-refractivity contribution in [3.8, 4) is 0 Å². The van der Waals surface area contributed by atoms with Crippen molar-refractivity contribution < 1.29 is 107 Å². The average Bonchev–Trinajstić information content (AvgIpc) is 1.60. The van der Waals surface area contributed by atoms with E-state index in [9.17, 15) is 75.4 Å². The minimum absolute atomic E-state index is 0. The van der Waals surface area contributed by atoms with E-state index in [0.29, 0.717) is 5.69 Å². The number of hydrogen-bond acceptors (Lipinski definition) is 23. The number of imide groups is 3. The number of amides is 6. The van der Waals surface area contributed by atoms with Crippen LogP contribution in [-0.2, 0) is 71.8 Å². The van der Waals surface area contributed by atoms with Gasteiger partial charge >= 0.3 is 11.9 Å². The van der Waals surface area contributed by atoms with Crippen LogP contribution in [0.2, 0.25) is 20.1 Å². The molecule has 6 amide bonds. The summed E-state index contributed by atoms with van der Waals surface area (Å²) in [5, 5.41) is 21.9. The van der Waals surface area contributed by atoms with Crippen molar-refractivity contribution in [3.63, 3.8) is 0 Å². The molecule has 0 saturated heterocycles. The summed E-state index contributed by atoms with van der Waals surface area (Å²) in [6, 6.07) is 30.4. The predicted molar refractivity (Wildman–Crippen MR) is 479 cm³/mol. The maximum Gasteiger partial charge on any atom is 0.354 e. The molecule has 6 aromatic carbocycles. The molecule has 4 aliphatic rings. The van der Waals surface area contributed by atoms with Crippen LogP contribution in [0.3, 0.4) is 0 Å². The van der Waals surface area contributed by atoms with Crippen LogP contribution >= 0.6 is 79.7 Å². The summed E-state index contributed by atoms with van der Waals surface area (Å²) in [7, 11) is -2.42. The van der Waals surface area contributed by atoms with Crippen LogP contribution in [0.4, 0.5) is 45.5 Å². The molecular weight excluding hydrogens is 1920 g/mol. The number of alkyl halides is 1. The first kappa shape index (κ1) is 107. The number of fused-ring (bicyclic) bond motifs is 4. The summed E-state index contributed by atoms with van der Waals surface area (Å²) in [4.78, 5) is 137. The number of nitrogens with one attached hydrogen (secondary N) is 1. The number of carbonyl (C=O) groups excluding carboxylic acids is 8. The fraction of sp³-hybridized carbons (Fsp3) is 0.226. The topological polar surface area (TPSA) is 426 Å². The van der Waals surface area contributed by atoms with Gasteiger partial charge in [-0.15, -0.1) is 0 Å². The van der Waals surface area contributed by atoms with Crippen molar-refractivity contribution in [2.75, 3.05) is 30.9 Å². The maximum absolute atomic E-state index is 13.3. The summed E-state index contributed by atoms with van der Waals surface area (Å²) in [6.45, 7) is 29.0. The Kier molecular flexibility index (Phi) is 39.2.